The van der Waals surface area contributed by atoms with E-state index in [0.717, 1.165) is 19.5 Å². The summed E-state index contributed by atoms with van der Waals surface area (Å²) in [5.41, 5.74) is 2.69. The summed E-state index contributed by atoms with van der Waals surface area (Å²) in [4.78, 5) is 15.7. The van der Waals surface area contributed by atoms with Crippen LogP contribution in [0.5, 0.6) is 0 Å². The Morgan fingerprint density at radius 2 is 2.05 bits per heavy atom. The van der Waals surface area contributed by atoms with Crippen molar-refractivity contribution in [2.24, 2.45) is 0 Å². The second-order valence-electron chi connectivity index (χ2n) is 5.38. The van der Waals surface area contributed by atoms with Crippen molar-refractivity contribution in [2.75, 3.05) is 34.2 Å². The van der Waals surface area contributed by atoms with E-state index in [1.165, 1.54) is 11.1 Å². The van der Waals surface area contributed by atoms with Gasteiger partial charge in [0.15, 0.2) is 0 Å². The molecule has 0 spiro atoms. The number of rotatable bonds is 3. The SMILES string of the molecule is CN(C)C(=O)CN(C)C1CCNCc2ccccc21. The highest BCUT2D eigenvalue weighted by molar-refractivity contribution is 5.77. The fraction of sp³-hybridized carbons (Fsp3) is 0.533. The zero-order chi connectivity index (χ0) is 13.8. The minimum atomic E-state index is 0.150. The van der Waals surface area contributed by atoms with E-state index < -0.39 is 0 Å². The molecule has 0 radical (unpaired) electrons. The minimum absolute atomic E-state index is 0.150. The molecule has 0 saturated heterocycles. The molecule has 1 aliphatic rings. The number of carbonyl (C=O) groups is 1. The van der Waals surface area contributed by atoms with E-state index in [-0.39, 0.29) is 5.91 Å². The summed E-state index contributed by atoms with van der Waals surface area (Å²) in [5, 5.41) is 3.44. The third-order valence-corrected chi connectivity index (χ3v) is 3.74. The van der Waals surface area contributed by atoms with Gasteiger partial charge in [-0.2, -0.15) is 0 Å². The monoisotopic (exact) mass is 261 g/mol. The molecule has 1 atom stereocenters. The number of nitrogens with one attached hydrogen (secondary N) is 1. The predicted octanol–water partition coefficient (Wildman–Crippen LogP) is 1.24. The summed E-state index contributed by atoms with van der Waals surface area (Å²) in [7, 11) is 5.64. The molecule has 0 saturated carbocycles. The molecule has 1 unspecified atom stereocenters. The lowest BCUT2D eigenvalue weighted by atomic mass is 9.98. The first kappa shape index (κ1) is 14.0. The summed E-state index contributed by atoms with van der Waals surface area (Å²) in [6.45, 7) is 2.37. The van der Waals surface area contributed by atoms with E-state index >= 15 is 0 Å². The fourth-order valence-electron chi connectivity index (χ4n) is 2.56. The van der Waals surface area contributed by atoms with Crippen LogP contribution in [-0.4, -0.2) is 49.9 Å². The number of hydrogen-bond acceptors (Lipinski definition) is 3. The Morgan fingerprint density at radius 3 is 2.79 bits per heavy atom. The largest absolute Gasteiger partial charge is 0.348 e. The molecule has 4 nitrogen and oxygen atoms in total. The molecular formula is C15H23N3O. The molecule has 19 heavy (non-hydrogen) atoms. The van der Waals surface area contributed by atoms with Gasteiger partial charge in [0.1, 0.15) is 0 Å². The second-order valence-corrected chi connectivity index (χ2v) is 5.38. The average molecular weight is 261 g/mol. The van der Waals surface area contributed by atoms with Crippen molar-refractivity contribution in [3.05, 3.63) is 35.4 Å². The Bertz CT molecular complexity index is 445. The molecule has 1 aromatic carbocycles. The highest BCUT2D eigenvalue weighted by Crippen LogP contribution is 2.27. The molecule has 0 bridgehead atoms. The van der Waals surface area contributed by atoms with E-state index in [1.54, 1.807) is 19.0 Å². The van der Waals surface area contributed by atoms with Crippen LogP contribution >= 0.6 is 0 Å². The molecule has 1 aromatic rings. The van der Waals surface area contributed by atoms with E-state index in [4.69, 9.17) is 0 Å². The summed E-state index contributed by atoms with van der Waals surface area (Å²) in [5.74, 6) is 0.150. The van der Waals surface area contributed by atoms with Gasteiger partial charge >= 0.3 is 0 Å². The molecule has 0 aromatic heterocycles. The van der Waals surface area contributed by atoms with Gasteiger partial charge < -0.3 is 10.2 Å². The lowest BCUT2D eigenvalue weighted by molar-refractivity contribution is -0.130. The Morgan fingerprint density at radius 1 is 1.32 bits per heavy atom. The Labute approximate surface area is 115 Å². The highest BCUT2D eigenvalue weighted by Gasteiger charge is 2.23. The van der Waals surface area contributed by atoms with Crippen molar-refractivity contribution in [3.63, 3.8) is 0 Å². The molecule has 1 aliphatic heterocycles. The zero-order valence-electron chi connectivity index (χ0n) is 12.0. The van der Waals surface area contributed by atoms with E-state index in [9.17, 15) is 4.79 Å². The van der Waals surface area contributed by atoms with E-state index in [2.05, 4.69) is 34.5 Å². The molecule has 4 heteroatoms. The van der Waals surface area contributed by atoms with Crippen LogP contribution < -0.4 is 5.32 Å². The third-order valence-electron chi connectivity index (χ3n) is 3.74. The summed E-state index contributed by atoms with van der Waals surface area (Å²) in [6, 6.07) is 8.83. The Kier molecular flexibility index (Phi) is 4.56. The number of hydrogen-bond donors (Lipinski definition) is 1. The van der Waals surface area contributed by atoms with Gasteiger partial charge in [-0.1, -0.05) is 24.3 Å². The predicted molar refractivity (Wildman–Crippen MR) is 76.8 cm³/mol. The molecule has 104 valence electrons. The molecule has 0 aliphatic carbocycles. The number of carbonyl (C=O) groups excluding carboxylic acids is 1. The van der Waals surface area contributed by atoms with Crippen molar-refractivity contribution in [1.82, 2.24) is 15.1 Å². The van der Waals surface area contributed by atoms with Crippen molar-refractivity contribution in [2.45, 2.75) is 19.0 Å². The van der Waals surface area contributed by atoms with Crippen LogP contribution in [0.2, 0.25) is 0 Å². The van der Waals surface area contributed by atoms with E-state index in [1.807, 2.05) is 7.05 Å². The first-order valence-electron chi connectivity index (χ1n) is 6.78. The number of nitrogens with zero attached hydrogens (tertiary/aromatic N) is 2. The maximum atomic E-state index is 11.9. The van der Waals surface area contributed by atoms with Gasteiger partial charge in [-0.3, -0.25) is 9.69 Å². The zero-order valence-corrected chi connectivity index (χ0v) is 12.0. The normalized spacial score (nSPS) is 18.8. The lowest BCUT2D eigenvalue weighted by Gasteiger charge is -2.28. The van der Waals surface area contributed by atoms with Crippen molar-refractivity contribution in [3.8, 4) is 0 Å². The standard InChI is InChI=1S/C15H23N3O/c1-17(2)15(19)11-18(3)14-8-9-16-10-12-6-4-5-7-13(12)14/h4-7,14,16H,8-11H2,1-3H3. The van der Waals surface area contributed by atoms with Gasteiger partial charge in [-0.05, 0) is 31.1 Å². The summed E-state index contributed by atoms with van der Waals surface area (Å²) in [6.07, 6.45) is 1.04. The molecular weight excluding hydrogens is 238 g/mol. The van der Waals surface area contributed by atoms with Crippen LogP contribution in [0, 0.1) is 0 Å². The maximum absolute atomic E-state index is 11.9. The number of amides is 1. The van der Waals surface area contributed by atoms with Crippen molar-refractivity contribution < 1.29 is 4.79 Å². The smallest absolute Gasteiger partial charge is 0.236 e. The topological polar surface area (TPSA) is 35.6 Å². The average Bonchev–Trinajstić information content (AvgIpc) is 2.60. The molecule has 1 N–H and O–H groups in total. The first-order chi connectivity index (χ1) is 9.09. The highest BCUT2D eigenvalue weighted by atomic mass is 16.2. The molecule has 2 rings (SSSR count). The van der Waals surface area contributed by atoms with Crippen LogP contribution in [0.15, 0.2) is 24.3 Å². The molecule has 1 heterocycles. The van der Waals surface area contributed by atoms with Crippen LogP contribution in [-0.2, 0) is 11.3 Å². The fourth-order valence-corrected chi connectivity index (χ4v) is 2.56. The van der Waals surface area contributed by atoms with Crippen LogP contribution in [0.3, 0.4) is 0 Å². The first-order valence-corrected chi connectivity index (χ1v) is 6.78. The van der Waals surface area contributed by atoms with Gasteiger partial charge in [0.05, 0.1) is 6.54 Å². The molecule has 0 fully saturated rings. The van der Waals surface area contributed by atoms with Crippen molar-refractivity contribution >= 4 is 5.91 Å². The lowest BCUT2D eigenvalue weighted by Crippen LogP contribution is -2.37. The number of likely N-dealkylation sites (N-methyl/N-ethyl adjacent to an activating group) is 2. The second kappa shape index (κ2) is 6.17. The number of benzene rings is 1. The maximum Gasteiger partial charge on any atom is 0.236 e. The van der Waals surface area contributed by atoms with Gasteiger partial charge in [0.2, 0.25) is 5.91 Å². The number of fused-ring (bicyclic) bond motifs is 1. The molecule has 1 amide bonds. The minimum Gasteiger partial charge on any atom is -0.348 e. The van der Waals surface area contributed by atoms with Crippen LogP contribution in [0.4, 0.5) is 0 Å². The summed E-state index contributed by atoms with van der Waals surface area (Å²) >= 11 is 0. The van der Waals surface area contributed by atoms with Gasteiger partial charge in [0, 0.05) is 26.7 Å². The quantitative estimate of drug-likeness (QED) is 0.889. The Hall–Kier alpha value is -1.39. The van der Waals surface area contributed by atoms with Crippen molar-refractivity contribution in [1.29, 1.82) is 0 Å². The Balaban J connectivity index is 2.17. The van der Waals surface area contributed by atoms with Crippen LogP contribution in [0.1, 0.15) is 23.6 Å². The van der Waals surface area contributed by atoms with Crippen LogP contribution in [0.25, 0.3) is 0 Å². The van der Waals surface area contributed by atoms with Gasteiger partial charge in [-0.25, -0.2) is 0 Å². The van der Waals surface area contributed by atoms with Gasteiger partial charge in [-0.15, -0.1) is 0 Å². The third kappa shape index (κ3) is 3.33. The van der Waals surface area contributed by atoms with E-state index in [0.29, 0.717) is 12.6 Å². The van der Waals surface area contributed by atoms with Gasteiger partial charge in [0.25, 0.3) is 0 Å². The summed E-state index contributed by atoms with van der Waals surface area (Å²) < 4.78 is 0.